The summed E-state index contributed by atoms with van der Waals surface area (Å²) in [5.41, 5.74) is 0.998. The second-order valence-electron chi connectivity index (χ2n) is 6.26. The highest BCUT2D eigenvalue weighted by atomic mass is 32.1. The number of rotatable bonds is 6. The minimum absolute atomic E-state index is 0.0884. The van der Waals surface area contributed by atoms with Gasteiger partial charge >= 0.3 is 0 Å². The van der Waals surface area contributed by atoms with Crippen LogP contribution in [0, 0.1) is 5.92 Å². The summed E-state index contributed by atoms with van der Waals surface area (Å²) in [5, 5.41) is 8.83. The second kappa shape index (κ2) is 7.79. The van der Waals surface area contributed by atoms with Gasteiger partial charge in [-0.25, -0.2) is 0 Å². The summed E-state index contributed by atoms with van der Waals surface area (Å²) in [4.78, 5) is 18.0. The third kappa shape index (κ3) is 4.11. The van der Waals surface area contributed by atoms with Gasteiger partial charge in [0, 0.05) is 17.4 Å². The Kier molecular flexibility index (Phi) is 5.06. The zero-order valence-corrected chi connectivity index (χ0v) is 15.6. The molecule has 0 saturated heterocycles. The second-order valence-corrected chi connectivity index (χ2v) is 7.30. The molecule has 0 spiro atoms. The summed E-state index contributed by atoms with van der Waals surface area (Å²) in [5.74, 6) is 2.19. The van der Waals surface area contributed by atoms with E-state index in [2.05, 4.69) is 15.5 Å². The molecule has 8 heteroatoms. The fraction of sp³-hybridized carbons (Fsp3) is 0.316. The number of amides is 1. The maximum Gasteiger partial charge on any atom is 0.246 e. The first-order valence-corrected chi connectivity index (χ1v) is 9.50. The van der Waals surface area contributed by atoms with E-state index >= 15 is 0 Å². The molecule has 0 radical (unpaired) electrons. The van der Waals surface area contributed by atoms with E-state index in [0.717, 1.165) is 17.1 Å². The van der Waals surface area contributed by atoms with Crippen LogP contribution in [-0.2, 0) is 24.2 Å². The Bertz CT molecular complexity index is 923. The van der Waals surface area contributed by atoms with Crippen LogP contribution < -0.4 is 14.8 Å². The molecule has 3 aromatic rings. The number of carbonyl (C=O) groups excluding carboxylic acids is 1. The Morgan fingerprint density at radius 2 is 2.33 bits per heavy atom. The van der Waals surface area contributed by atoms with Crippen LogP contribution in [-0.4, -0.2) is 29.8 Å². The minimum atomic E-state index is -0.251. The molecule has 0 unspecified atom stereocenters. The number of benzene rings is 1. The largest absolute Gasteiger partial charge is 0.497 e. The molecule has 1 N–H and O–H groups in total. The van der Waals surface area contributed by atoms with Gasteiger partial charge in [-0.05, 0) is 29.5 Å². The maximum atomic E-state index is 12.5. The average molecular weight is 385 g/mol. The van der Waals surface area contributed by atoms with Gasteiger partial charge in [0.15, 0.2) is 5.82 Å². The first-order valence-electron chi connectivity index (χ1n) is 8.62. The molecule has 140 valence electrons. The summed E-state index contributed by atoms with van der Waals surface area (Å²) in [6.45, 7) is 0.543. The summed E-state index contributed by atoms with van der Waals surface area (Å²) in [7, 11) is 1.62. The highest BCUT2D eigenvalue weighted by Gasteiger charge is 2.26. The molecule has 0 aliphatic carbocycles. The fourth-order valence-corrected chi connectivity index (χ4v) is 3.66. The van der Waals surface area contributed by atoms with Crippen molar-refractivity contribution in [2.75, 3.05) is 13.7 Å². The molecule has 4 rings (SSSR count). The molecule has 1 aromatic carbocycles. The molecule has 0 saturated carbocycles. The minimum Gasteiger partial charge on any atom is -0.497 e. The normalized spacial score (nSPS) is 15.7. The predicted octanol–water partition coefficient (Wildman–Crippen LogP) is 2.60. The Hall–Kier alpha value is -2.87. The van der Waals surface area contributed by atoms with Crippen LogP contribution in [0.3, 0.4) is 0 Å². The average Bonchev–Trinajstić information content (AvgIpc) is 3.37. The first-order chi connectivity index (χ1) is 13.2. The van der Waals surface area contributed by atoms with Gasteiger partial charge in [-0.1, -0.05) is 17.3 Å². The van der Waals surface area contributed by atoms with Crippen molar-refractivity contribution in [3.05, 3.63) is 57.9 Å². The summed E-state index contributed by atoms with van der Waals surface area (Å²) < 4.78 is 16.1. The maximum absolute atomic E-state index is 12.5. The Morgan fingerprint density at radius 1 is 1.41 bits per heavy atom. The molecule has 7 nitrogen and oxygen atoms in total. The molecule has 1 atom stereocenters. The Labute approximate surface area is 160 Å². The number of ether oxygens (including phenoxy) is 2. The van der Waals surface area contributed by atoms with E-state index in [-0.39, 0.29) is 18.4 Å². The van der Waals surface area contributed by atoms with Gasteiger partial charge in [0.25, 0.3) is 0 Å². The molecular formula is C19H19N3O4S. The third-order valence-corrected chi connectivity index (χ3v) is 5.26. The van der Waals surface area contributed by atoms with E-state index in [1.165, 1.54) is 4.88 Å². The van der Waals surface area contributed by atoms with Crippen molar-refractivity contribution >= 4 is 17.2 Å². The number of carbonyl (C=O) groups is 1. The molecule has 1 aliphatic rings. The molecule has 0 bridgehead atoms. The van der Waals surface area contributed by atoms with Gasteiger partial charge in [-0.15, -0.1) is 11.3 Å². The highest BCUT2D eigenvalue weighted by molar-refractivity contribution is 7.09. The van der Waals surface area contributed by atoms with Crippen molar-refractivity contribution in [2.45, 2.75) is 19.4 Å². The first kappa shape index (κ1) is 17.5. The molecule has 3 heterocycles. The standard InChI is InChI=1S/C19H19N3O4S/c1-24-14-5-4-12-7-13(11-25-16(12)8-14)19(23)20-10-18-21-17(22-26-18)9-15-3-2-6-27-15/h2-6,8,13H,7,9-11H2,1H3,(H,20,23)/t13-/m1/s1. The van der Waals surface area contributed by atoms with Crippen LogP contribution in [0.2, 0.25) is 0 Å². The molecular weight excluding hydrogens is 366 g/mol. The number of aromatic nitrogens is 2. The number of nitrogens with zero attached hydrogens (tertiary/aromatic N) is 2. The van der Waals surface area contributed by atoms with E-state index in [9.17, 15) is 4.79 Å². The number of hydrogen-bond acceptors (Lipinski definition) is 7. The van der Waals surface area contributed by atoms with Gasteiger partial charge in [0.2, 0.25) is 11.8 Å². The van der Waals surface area contributed by atoms with Gasteiger partial charge in [-0.2, -0.15) is 4.98 Å². The molecule has 1 amide bonds. The van der Waals surface area contributed by atoms with Gasteiger partial charge in [0.1, 0.15) is 18.1 Å². The van der Waals surface area contributed by atoms with Crippen molar-refractivity contribution in [3.63, 3.8) is 0 Å². The van der Waals surface area contributed by atoms with Crippen LogP contribution in [0.15, 0.2) is 40.2 Å². The monoisotopic (exact) mass is 385 g/mol. The smallest absolute Gasteiger partial charge is 0.246 e. The fourth-order valence-electron chi connectivity index (χ4n) is 2.96. The lowest BCUT2D eigenvalue weighted by Gasteiger charge is -2.24. The number of thiophene rings is 1. The van der Waals surface area contributed by atoms with Gasteiger partial charge < -0.3 is 19.3 Å². The third-order valence-electron chi connectivity index (χ3n) is 4.39. The lowest BCUT2D eigenvalue weighted by Crippen LogP contribution is -2.37. The van der Waals surface area contributed by atoms with Crippen LogP contribution >= 0.6 is 11.3 Å². The highest BCUT2D eigenvalue weighted by Crippen LogP contribution is 2.31. The van der Waals surface area contributed by atoms with E-state index < -0.39 is 0 Å². The molecule has 0 fully saturated rings. The Morgan fingerprint density at radius 3 is 3.15 bits per heavy atom. The van der Waals surface area contributed by atoms with Gasteiger partial charge in [-0.3, -0.25) is 4.79 Å². The van der Waals surface area contributed by atoms with E-state index in [0.29, 0.717) is 31.2 Å². The lowest BCUT2D eigenvalue weighted by molar-refractivity contribution is -0.126. The predicted molar refractivity (Wildman–Crippen MR) is 99.0 cm³/mol. The van der Waals surface area contributed by atoms with E-state index in [1.54, 1.807) is 18.4 Å². The number of fused-ring (bicyclic) bond motifs is 1. The lowest BCUT2D eigenvalue weighted by atomic mass is 9.96. The summed E-state index contributed by atoms with van der Waals surface area (Å²) in [6, 6.07) is 9.66. The topological polar surface area (TPSA) is 86.5 Å². The SMILES string of the molecule is COc1ccc2c(c1)OC[C@H](C(=O)NCc1nc(Cc3cccs3)no1)C2. The van der Waals surface area contributed by atoms with Crippen LogP contribution in [0.5, 0.6) is 11.5 Å². The number of methoxy groups -OCH3 is 1. The van der Waals surface area contributed by atoms with E-state index in [1.807, 2.05) is 35.7 Å². The zero-order valence-electron chi connectivity index (χ0n) is 14.8. The van der Waals surface area contributed by atoms with Crippen LogP contribution in [0.1, 0.15) is 22.2 Å². The van der Waals surface area contributed by atoms with Crippen molar-refractivity contribution in [1.29, 1.82) is 0 Å². The molecule has 27 heavy (non-hydrogen) atoms. The zero-order chi connectivity index (χ0) is 18.6. The van der Waals surface area contributed by atoms with Crippen molar-refractivity contribution in [3.8, 4) is 11.5 Å². The number of nitrogens with one attached hydrogen (secondary N) is 1. The number of hydrogen-bond donors (Lipinski definition) is 1. The molecule has 1 aliphatic heterocycles. The van der Waals surface area contributed by atoms with Crippen molar-refractivity contribution in [1.82, 2.24) is 15.5 Å². The van der Waals surface area contributed by atoms with Crippen molar-refractivity contribution in [2.24, 2.45) is 5.92 Å². The van der Waals surface area contributed by atoms with Gasteiger partial charge in [0.05, 0.1) is 19.6 Å². The van der Waals surface area contributed by atoms with Crippen LogP contribution in [0.25, 0.3) is 0 Å². The quantitative estimate of drug-likeness (QED) is 0.702. The molecule has 2 aromatic heterocycles. The van der Waals surface area contributed by atoms with Crippen LogP contribution in [0.4, 0.5) is 0 Å². The van der Waals surface area contributed by atoms with Crippen molar-refractivity contribution < 1.29 is 18.8 Å². The Balaban J connectivity index is 1.31. The summed E-state index contributed by atoms with van der Waals surface area (Å²) >= 11 is 1.65. The van der Waals surface area contributed by atoms with E-state index in [4.69, 9.17) is 14.0 Å². The summed E-state index contributed by atoms with van der Waals surface area (Å²) in [6.07, 6.45) is 1.25.